The second-order valence-electron chi connectivity index (χ2n) is 5.10. The first-order valence-electron chi connectivity index (χ1n) is 6.22. The van der Waals surface area contributed by atoms with Gasteiger partial charge in [-0.15, -0.1) is 0 Å². The van der Waals surface area contributed by atoms with Crippen molar-refractivity contribution >= 4 is 16.9 Å². The fraction of sp³-hybridized carbons (Fsp3) is 0.333. The average molecular weight is 241 g/mol. The lowest BCUT2D eigenvalue weighted by Gasteiger charge is -2.10. The number of carbonyl (C=O) groups is 1. The third-order valence-electron chi connectivity index (χ3n) is 3.62. The van der Waals surface area contributed by atoms with Gasteiger partial charge in [0.15, 0.2) is 0 Å². The number of aromatic nitrogens is 1. The first kappa shape index (κ1) is 11.2. The van der Waals surface area contributed by atoms with Crippen molar-refractivity contribution < 1.29 is 9.90 Å². The summed E-state index contributed by atoms with van der Waals surface area (Å²) in [6, 6.07) is 5.73. The Morgan fingerprint density at radius 1 is 1.28 bits per heavy atom. The van der Waals surface area contributed by atoms with Crippen molar-refractivity contribution in [3.8, 4) is 0 Å². The predicted molar refractivity (Wildman–Crippen MR) is 70.2 cm³/mol. The number of nitrogens with zero attached hydrogens (tertiary/aromatic N) is 1. The van der Waals surface area contributed by atoms with Gasteiger partial charge < -0.3 is 5.11 Å². The summed E-state index contributed by atoms with van der Waals surface area (Å²) in [6.07, 6.45) is 2.25. The van der Waals surface area contributed by atoms with E-state index in [1.165, 1.54) is 0 Å². The van der Waals surface area contributed by atoms with Gasteiger partial charge in [-0.3, -0.25) is 4.98 Å². The van der Waals surface area contributed by atoms with Crippen LogP contribution in [0, 0.1) is 13.8 Å². The molecule has 3 rings (SSSR count). The Kier molecular flexibility index (Phi) is 2.37. The van der Waals surface area contributed by atoms with E-state index in [0.717, 1.165) is 40.6 Å². The van der Waals surface area contributed by atoms with Crippen LogP contribution in [0.5, 0.6) is 0 Å². The largest absolute Gasteiger partial charge is 0.478 e. The molecule has 1 aliphatic carbocycles. The molecule has 1 fully saturated rings. The summed E-state index contributed by atoms with van der Waals surface area (Å²) in [7, 11) is 0. The maximum atomic E-state index is 11.4. The monoisotopic (exact) mass is 241 g/mol. The van der Waals surface area contributed by atoms with E-state index in [0.29, 0.717) is 11.5 Å². The van der Waals surface area contributed by atoms with E-state index in [1.807, 2.05) is 26.0 Å². The fourth-order valence-corrected chi connectivity index (χ4v) is 2.42. The third kappa shape index (κ3) is 1.67. The summed E-state index contributed by atoms with van der Waals surface area (Å²) < 4.78 is 0. The number of rotatable bonds is 2. The number of aryl methyl sites for hydroxylation is 2. The molecule has 0 amide bonds. The number of pyridine rings is 1. The van der Waals surface area contributed by atoms with E-state index < -0.39 is 5.97 Å². The summed E-state index contributed by atoms with van der Waals surface area (Å²) in [5, 5.41) is 10.2. The second kappa shape index (κ2) is 3.80. The van der Waals surface area contributed by atoms with Gasteiger partial charge in [0.25, 0.3) is 0 Å². The molecule has 2 aromatic rings. The topological polar surface area (TPSA) is 50.2 Å². The van der Waals surface area contributed by atoms with Gasteiger partial charge in [0.1, 0.15) is 0 Å². The highest BCUT2D eigenvalue weighted by Crippen LogP contribution is 2.40. The third-order valence-corrected chi connectivity index (χ3v) is 3.62. The molecule has 0 radical (unpaired) electrons. The van der Waals surface area contributed by atoms with Gasteiger partial charge in [-0.1, -0.05) is 12.1 Å². The summed E-state index contributed by atoms with van der Waals surface area (Å²) >= 11 is 0. The van der Waals surface area contributed by atoms with Crippen molar-refractivity contribution in [1.82, 2.24) is 4.98 Å². The van der Waals surface area contributed by atoms with Crippen LogP contribution in [0.3, 0.4) is 0 Å². The number of benzene rings is 1. The maximum absolute atomic E-state index is 11.4. The molecule has 18 heavy (non-hydrogen) atoms. The van der Waals surface area contributed by atoms with Gasteiger partial charge in [-0.2, -0.15) is 0 Å². The van der Waals surface area contributed by atoms with E-state index in [9.17, 15) is 9.90 Å². The minimum atomic E-state index is -0.863. The van der Waals surface area contributed by atoms with Crippen LogP contribution in [-0.4, -0.2) is 16.1 Å². The summed E-state index contributed by atoms with van der Waals surface area (Å²) in [6.45, 7) is 3.92. The van der Waals surface area contributed by atoms with E-state index in [1.54, 1.807) is 6.07 Å². The minimum Gasteiger partial charge on any atom is -0.478 e. The SMILES string of the molecule is Cc1ccc(C)c2c(C(=O)O)cc(C3CC3)nc12. The van der Waals surface area contributed by atoms with Crippen LogP contribution in [0.1, 0.15) is 45.9 Å². The standard InChI is InChI=1S/C15H15NO2/c1-8-3-4-9(2)14-13(8)11(15(17)18)7-12(16-14)10-5-6-10/h3-4,7,10H,5-6H2,1-2H3,(H,17,18). The van der Waals surface area contributed by atoms with Crippen molar-refractivity contribution in [3.63, 3.8) is 0 Å². The number of aromatic carboxylic acids is 1. The van der Waals surface area contributed by atoms with Gasteiger partial charge in [0.2, 0.25) is 0 Å². The van der Waals surface area contributed by atoms with Crippen molar-refractivity contribution in [2.75, 3.05) is 0 Å². The average Bonchev–Trinajstić information content (AvgIpc) is 3.16. The number of carboxylic acid groups (broad SMARTS) is 1. The molecule has 1 aromatic heterocycles. The van der Waals surface area contributed by atoms with E-state index in [-0.39, 0.29) is 0 Å². The second-order valence-corrected chi connectivity index (χ2v) is 5.10. The molecule has 3 heteroatoms. The Morgan fingerprint density at radius 2 is 1.94 bits per heavy atom. The fourth-order valence-electron chi connectivity index (χ4n) is 2.42. The molecule has 0 atom stereocenters. The molecule has 92 valence electrons. The number of carboxylic acids is 1. The van der Waals surface area contributed by atoms with Crippen LogP contribution in [0.15, 0.2) is 18.2 Å². The predicted octanol–water partition coefficient (Wildman–Crippen LogP) is 3.43. The van der Waals surface area contributed by atoms with Gasteiger partial charge in [-0.25, -0.2) is 4.79 Å². The van der Waals surface area contributed by atoms with E-state index >= 15 is 0 Å². The van der Waals surface area contributed by atoms with Crippen molar-refractivity contribution in [2.24, 2.45) is 0 Å². The van der Waals surface area contributed by atoms with Crippen molar-refractivity contribution in [3.05, 3.63) is 40.6 Å². The molecule has 0 spiro atoms. The Bertz CT molecular complexity index is 657. The first-order valence-corrected chi connectivity index (χ1v) is 6.22. The van der Waals surface area contributed by atoms with Crippen molar-refractivity contribution in [2.45, 2.75) is 32.6 Å². The molecule has 1 aliphatic rings. The molecular formula is C15H15NO2. The van der Waals surface area contributed by atoms with Gasteiger partial charge in [0, 0.05) is 17.0 Å². The highest BCUT2D eigenvalue weighted by atomic mass is 16.4. The lowest BCUT2D eigenvalue weighted by Crippen LogP contribution is -2.03. The zero-order valence-corrected chi connectivity index (χ0v) is 10.5. The smallest absolute Gasteiger partial charge is 0.336 e. The molecule has 0 unspecified atom stereocenters. The molecule has 0 bridgehead atoms. The van der Waals surface area contributed by atoms with Crippen LogP contribution in [0.4, 0.5) is 0 Å². The molecule has 1 aromatic carbocycles. The maximum Gasteiger partial charge on any atom is 0.336 e. The minimum absolute atomic E-state index is 0.392. The van der Waals surface area contributed by atoms with E-state index in [2.05, 4.69) is 4.98 Å². The Balaban J connectivity index is 2.40. The summed E-state index contributed by atoms with van der Waals surface area (Å²) in [4.78, 5) is 16.1. The number of fused-ring (bicyclic) bond motifs is 1. The van der Waals surface area contributed by atoms with Crippen LogP contribution >= 0.6 is 0 Å². The Hall–Kier alpha value is -1.90. The molecule has 0 aliphatic heterocycles. The Labute approximate surface area is 105 Å². The summed E-state index contributed by atoms with van der Waals surface area (Å²) in [5.74, 6) is -0.398. The number of hydrogen-bond donors (Lipinski definition) is 1. The van der Waals surface area contributed by atoms with Gasteiger partial charge >= 0.3 is 5.97 Å². The molecule has 1 heterocycles. The van der Waals surface area contributed by atoms with Crippen LogP contribution in [-0.2, 0) is 0 Å². The zero-order chi connectivity index (χ0) is 12.9. The zero-order valence-electron chi connectivity index (χ0n) is 10.5. The molecule has 0 saturated heterocycles. The van der Waals surface area contributed by atoms with Crippen molar-refractivity contribution in [1.29, 1.82) is 0 Å². The van der Waals surface area contributed by atoms with Gasteiger partial charge in [-0.05, 0) is 43.9 Å². The quantitative estimate of drug-likeness (QED) is 0.876. The molecule has 1 N–H and O–H groups in total. The highest BCUT2D eigenvalue weighted by molar-refractivity contribution is 6.04. The molecule has 3 nitrogen and oxygen atoms in total. The lowest BCUT2D eigenvalue weighted by atomic mass is 9.99. The number of hydrogen-bond acceptors (Lipinski definition) is 2. The van der Waals surface area contributed by atoms with Crippen LogP contribution in [0.25, 0.3) is 10.9 Å². The summed E-state index contributed by atoms with van der Waals surface area (Å²) in [5.41, 5.74) is 4.19. The van der Waals surface area contributed by atoms with Gasteiger partial charge in [0.05, 0.1) is 11.1 Å². The molecular weight excluding hydrogens is 226 g/mol. The highest BCUT2D eigenvalue weighted by Gasteiger charge is 2.27. The normalized spacial score (nSPS) is 15.0. The van der Waals surface area contributed by atoms with E-state index in [4.69, 9.17) is 0 Å². The molecule has 1 saturated carbocycles. The van der Waals surface area contributed by atoms with Crippen LogP contribution in [0.2, 0.25) is 0 Å². The Morgan fingerprint density at radius 3 is 2.56 bits per heavy atom. The first-order chi connectivity index (χ1) is 8.58. The van der Waals surface area contributed by atoms with Crippen LogP contribution < -0.4 is 0 Å². The lowest BCUT2D eigenvalue weighted by molar-refractivity contribution is 0.0699.